The topological polar surface area (TPSA) is 0 Å². The van der Waals surface area contributed by atoms with Crippen LogP contribution in [0.5, 0.6) is 0 Å². The summed E-state index contributed by atoms with van der Waals surface area (Å²) < 4.78 is 0. The molecular weight excluding hydrogens is 176 g/mol. The molecule has 0 nitrogen and oxygen atoms in total. The van der Waals surface area contributed by atoms with Crippen molar-refractivity contribution in [3.05, 3.63) is 0 Å². The van der Waals surface area contributed by atoms with Crippen molar-refractivity contribution >= 4 is 24.0 Å². The van der Waals surface area contributed by atoms with Crippen LogP contribution in [0.25, 0.3) is 0 Å². The van der Waals surface area contributed by atoms with Gasteiger partial charge in [0.05, 0.1) is 0 Å². The van der Waals surface area contributed by atoms with E-state index in [0.29, 0.717) is 15.4 Å². The van der Waals surface area contributed by atoms with Crippen molar-refractivity contribution in [1.82, 2.24) is 0 Å². The molecular formula is C6H18GeP. The zero-order valence-corrected chi connectivity index (χ0v) is 9.91. The van der Waals surface area contributed by atoms with Crippen LogP contribution < -0.4 is 0 Å². The van der Waals surface area contributed by atoms with Gasteiger partial charge in [0, 0.05) is 0 Å². The first-order chi connectivity index (χ1) is 3.83. The third kappa shape index (κ3) is 28.1. The van der Waals surface area contributed by atoms with Crippen LogP contribution in [0.2, 0.25) is 11.5 Å². The second-order valence-corrected chi connectivity index (χ2v) is 5.87. The molecule has 0 aliphatic carbocycles. The first kappa shape index (κ1) is 11.7. The normalized spacial score (nSPS) is 7.50. The molecule has 1 radical (unpaired) electrons. The Morgan fingerprint density at radius 1 is 1.12 bits per heavy atom. The van der Waals surface area contributed by atoms with E-state index in [9.17, 15) is 0 Å². The van der Waals surface area contributed by atoms with Crippen molar-refractivity contribution in [2.75, 3.05) is 12.3 Å². The second kappa shape index (κ2) is 15.7. The summed E-state index contributed by atoms with van der Waals surface area (Å²) in [5.41, 5.74) is 0. The Kier molecular flexibility index (Phi) is 23.0. The van der Waals surface area contributed by atoms with Crippen molar-refractivity contribution in [2.45, 2.75) is 25.4 Å². The van der Waals surface area contributed by atoms with E-state index >= 15 is 0 Å². The third-order valence-electron chi connectivity index (χ3n) is 0.500. The van der Waals surface area contributed by atoms with Gasteiger partial charge in [0.25, 0.3) is 0 Å². The maximum atomic E-state index is 2.28. The third-order valence-corrected chi connectivity index (χ3v) is 1.50. The Morgan fingerprint density at radius 3 is 1.38 bits per heavy atom. The SMILES string of the molecule is CCPCC.[CH3][GeH][CH3]. The first-order valence-corrected chi connectivity index (χ1v) is 9.54. The van der Waals surface area contributed by atoms with Crippen LogP contribution in [0.4, 0.5) is 0 Å². The maximum absolute atomic E-state index is 2.28. The van der Waals surface area contributed by atoms with Crippen molar-refractivity contribution in [3.8, 4) is 0 Å². The van der Waals surface area contributed by atoms with Crippen LogP contribution in [-0.2, 0) is 0 Å². The van der Waals surface area contributed by atoms with Gasteiger partial charge in [0.2, 0.25) is 0 Å². The predicted octanol–water partition coefficient (Wildman–Crippen LogP) is 2.22. The van der Waals surface area contributed by atoms with Crippen molar-refractivity contribution in [2.24, 2.45) is 0 Å². The molecule has 0 spiro atoms. The van der Waals surface area contributed by atoms with Gasteiger partial charge < -0.3 is 0 Å². The van der Waals surface area contributed by atoms with Gasteiger partial charge >= 0.3 is 26.9 Å². The molecule has 0 bridgehead atoms. The fourth-order valence-electron chi connectivity index (χ4n) is 0.250. The Morgan fingerprint density at radius 2 is 1.38 bits per heavy atom. The predicted molar refractivity (Wildman–Crippen MR) is 48.3 cm³/mol. The number of hydrogen-bond donors (Lipinski definition) is 0. The molecule has 0 unspecified atom stereocenters. The van der Waals surface area contributed by atoms with E-state index in [1.807, 2.05) is 0 Å². The van der Waals surface area contributed by atoms with E-state index < -0.39 is 0 Å². The van der Waals surface area contributed by atoms with Gasteiger partial charge in [-0.25, -0.2) is 0 Å². The molecule has 0 saturated heterocycles. The van der Waals surface area contributed by atoms with Crippen LogP contribution in [-0.4, -0.2) is 27.8 Å². The van der Waals surface area contributed by atoms with Crippen LogP contribution in [0.1, 0.15) is 13.8 Å². The molecule has 0 aromatic heterocycles. The quantitative estimate of drug-likeness (QED) is 0.466. The van der Waals surface area contributed by atoms with E-state index in [-0.39, 0.29) is 0 Å². The van der Waals surface area contributed by atoms with Gasteiger partial charge in [-0.1, -0.05) is 13.8 Å². The summed E-state index contributed by atoms with van der Waals surface area (Å²) in [7, 11) is 1.20. The Balaban J connectivity index is 0. The van der Waals surface area contributed by atoms with Crippen LogP contribution in [0, 0.1) is 0 Å². The van der Waals surface area contributed by atoms with Crippen molar-refractivity contribution in [3.63, 3.8) is 0 Å². The van der Waals surface area contributed by atoms with Crippen LogP contribution in [0.3, 0.4) is 0 Å². The molecule has 0 aliphatic heterocycles. The van der Waals surface area contributed by atoms with Gasteiger partial charge in [-0.3, -0.25) is 0 Å². The molecule has 0 rings (SSSR count). The van der Waals surface area contributed by atoms with Gasteiger partial charge in [0.1, 0.15) is 0 Å². The van der Waals surface area contributed by atoms with Gasteiger partial charge in [-0.15, -0.1) is 8.58 Å². The standard InChI is InChI=1S/C4H11P.C2H7Ge/c1-3-5-4-2;1-3-2/h5H,3-4H2,1-2H3;3H,1-2H3. The van der Waals surface area contributed by atoms with Gasteiger partial charge in [-0.05, 0) is 12.3 Å². The van der Waals surface area contributed by atoms with Gasteiger partial charge in [0.15, 0.2) is 0 Å². The van der Waals surface area contributed by atoms with Crippen molar-refractivity contribution in [1.29, 1.82) is 0 Å². The molecule has 0 aliphatic rings. The first-order valence-electron chi connectivity index (χ1n) is 3.28. The zero-order valence-electron chi connectivity index (χ0n) is 6.49. The molecule has 0 atom stereocenters. The Bertz CT molecular complexity index is 22.5. The molecule has 0 amide bonds. The summed E-state index contributed by atoms with van der Waals surface area (Å²) in [6.07, 6.45) is 2.74. The van der Waals surface area contributed by atoms with E-state index in [0.717, 1.165) is 0 Å². The van der Waals surface area contributed by atoms with E-state index in [4.69, 9.17) is 0 Å². The summed E-state index contributed by atoms with van der Waals surface area (Å²) in [4.78, 5) is 0. The van der Waals surface area contributed by atoms with Crippen LogP contribution >= 0.6 is 8.58 Å². The zero-order chi connectivity index (χ0) is 6.83. The molecule has 51 valence electrons. The van der Waals surface area contributed by atoms with Gasteiger partial charge in [-0.2, -0.15) is 0 Å². The molecule has 0 fully saturated rings. The molecule has 8 heavy (non-hydrogen) atoms. The monoisotopic (exact) mass is 195 g/mol. The minimum absolute atomic E-state index is 0.312. The molecule has 0 aromatic carbocycles. The Labute approximate surface area is 62.1 Å². The summed E-state index contributed by atoms with van der Waals surface area (Å²) in [5.74, 6) is 4.56. The molecule has 0 heterocycles. The molecule has 0 saturated carbocycles. The summed E-state index contributed by atoms with van der Waals surface area (Å²) in [6.45, 7) is 4.45. The van der Waals surface area contributed by atoms with E-state index in [2.05, 4.69) is 25.4 Å². The average Bonchev–Trinajstić information content (AvgIpc) is 1.71. The average molecular weight is 194 g/mol. The summed E-state index contributed by atoms with van der Waals surface area (Å²) in [5, 5.41) is 0. The summed E-state index contributed by atoms with van der Waals surface area (Å²) >= 11 is 0.312. The second-order valence-electron chi connectivity index (χ2n) is 1.53. The van der Waals surface area contributed by atoms with E-state index in [1.54, 1.807) is 0 Å². The van der Waals surface area contributed by atoms with Crippen molar-refractivity contribution < 1.29 is 0 Å². The molecule has 0 N–H and O–H groups in total. The van der Waals surface area contributed by atoms with Crippen LogP contribution in [0.15, 0.2) is 0 Å². The molecule has 2 heteroatoms. The number of rotatable bonds is 2. The minimum atomic E-state index is 0.312. The fraction of sp³-hybridized carbons (Fsp3) is 1.00. The summed E-state index contributed by atoms with van der Waals surface area (Å²) in [6, 6.07) is 0. The Hall–Kier alpha value is 0.973. The van der Waals surface area contributed by atoms with E-state index in [1.165, 1.54) is 20.9 Å². The molecule has 0 aromatic rings. The fourth-order valence-corrected chi connectivity index (χ4v) is 0.750. The number of hydrogen-bond acceptors (Lipinski definition) is 0.